The van der Waals surface area contributed by atoms with Crippen molar-refractivity contribution in [2.24, 2.45) is 0 Å². The first kappa shape index (κ1) is 24.2. The summed E-state index contributed by atoms with van der Waals surface area (Å²) in [5, 5.41) is 14.7. The number of rotatable bonds is 7. The molecule has 4 rings (SSSR count). The fourth-order valence-electron chi connectivity index (χ4n) is 3.86. The van der Waals surface area contributed by atoms with Crippen LogP contribution in [0.4, 0.5) is 14.9 Å². The molecule has 3 aromatic rings. The zero-order valence-corrected chi connectivity index (χ0v) is 19.8. The molecule has 34 heavy (non-hydrogen) atoms. The van der Waals surface area contributed by atoms with E-state index in [9.17, 15) is 14.3 Å². The monoisotopic (exact) mass is 486 g/mol. The highest BCUT2D eigenvalue weighted by atomic mass is 32.1. The number of halogens is 1. The number of methoxy groups -OCH3 is 1. The standard InChI is InChI=1S/C25H27FN2O5S/c1-16-20-13-18(15-32-14-17-4-3-5-19(26)12-17)6-7-22(20)33-10-9-28(16)25(30)27-21-8-11-34-23(21)24(29)31-2/h3-8,11-13,16,24,29H,9-10,14-15H2,1-2H3,(H,27,30)/t16-,24?/m1/s1. The number of nitrogens with one attached hydrogen (secondary N) is 1. The molecule has 0 spiro atoms. The van der Waals surface area contributed by atoms with E-state index in [-0.39, 0.29) is 17.9 Å². The Morgan fingerprint density at radius 1 is 1.26 bits per heavy atom. The summed E-state index contributed by atoms with van der Waals surface area (Å²) in [5.74, 6) is 0.435. The van der Waals surface area contributed by atoms with E-state index in [2.05, 4.69) is 5.32 Å². The molecule has 180 valence electrons. The average molecular weight is 487 g/mol. The fourth-order valence-corrected chi connectivity index (χ4v) is 4.67. The lowest BCUT2D eigenvalue weighted by molar-refractivity contribution is -0.0738. The van der Waals surface area contributed by atoms with Gasteiger partial charge in [0.2, 0.25) is 0 Å². The fraction of sp³-hybridized carbons (Fsp3) is 0.320. The molecule has 7 nitrogen and oxygen atoms in total. The highest BCUT2D eigenvalue weighted by molar-refractivity contribution is 7.10. The van der Waals surface area contributed by atoms with Crippen LogP contribution in [-0.4, -0.2) is 36.3 Å². The molecule has 1 aliphatic rings. The molecule has 9 heteroatoms. The number of anilines is 1. The predicted molar refractivity (Wildman–Crippen MR) is 127 cm³/mol. The molecular formula is C25H27FN2O5S. The van der Waals surface area contributed by atoms with Gasteiger partial charge >= 0.3 is 6.03 Å². The van der Waals surface area contributed by atoms with Crippen molar-refractivity contribution < 1.29 is 28.5 Å². The van der Waals surface area contributed by atoms with Crippen molar-refractivity contribution in [3.63, 3.8) is 0 Å². The Balaban J connectivity index is 1.45. The largest absolute Gasteiger partial charge is 0.491 e. The van der Waals surface area contributed by atoms with Crippen LogP contribution in [0.1, 0.15) is 40.8 Å². The third-order valence-electron chi connectivity index (χ3n) is 5.65. The minimum absolute atomic E-state index is 0.255. The van der Waals surface area contributed by atoms with Gasteiger partial charge in [-0.25, -0.2) is 9.18 Å². The van der Waals surface area contributed by atoms with Crippen molar-refractivity contribution >= 4 is 23.1 Å². The summed E-state index contributed by atoms with van der Waals surface area (Å²) < 4.78 is 30.0. The molecular weight excluding hydrogens is 459 g/mol. The molecule has 0 radical (unpaired) electrons. The van der Waals surface area contributed by atoms with Crippen LogP contribution in [0, 0.1) is 5.82 Å². The van der Waals surface area contributed by atoms with Crippen LogP contribution < -0.4 is 10.1 Å². The lowest BCUT2D eigenvalue weighted by atomic mass is 10.0. The summed E-state index contributed by atoms with van der Waals surface area (Å²) in [5.41, 5.74) is 3.08. The number of amides is 2. The second-order valence-corrected chi connectivity index (χ2v) is 8.88. The van der Waals surface area contributed by atoms with Crippen molar-refractivity contribution in [2.45, 2.75) is 32.5 Å². The average Bonchev–Trinajstić information content (AvgIpc) is 3.22. The Kier molecular flexibility index (Phi) is 7.79. The number of hydrogen-bond acceptors (Lipinski definition) is 6. The predicted octanol–water partition coefficient (Wildman–Crippen LogP) is 5.23. The van der Waals surface area contributed by atoms with Gasteiger partial charge in [0, 0.05) is 12.7 Å². The Morgan fingerprint density at radius 2 is 2.06 bits per heavy atom. The topological polar surface area (TPSA) is 80.3 Å². The van der Waals surface area contributed by atoms with Crippen molar-refractivity contribution in [1.29, 1.82) is 0 Å². The molecule has 2 N–H and O–H groups in total. The van der Waals surface area contributed by atoms with Crippen LogP contribution in [0.2, 0.25) is 0 Å². The van der Waals surface area contributed by atoms with Crippen LogP contribution in [-0.2, 0) is 22.7 Å². The summed E-state index contributed by atoms with van der Waals surface area (Å²) >= 11 is 1.31. The smallest absolute Gasteiger partial charge is 0.322 e. The Hall–Kier alpha value is -2.98. The highest BCUT2D eigenvalue weighted by Crippen LogP contribution is 2.34. The van der Waals surface area contributed by atoms with Crippen molar-refractivity contribution in [2.75, 3.05) is 25.6 Å². The molecule has 0 bridgehead atoms. The molecule has 0 fully saturated rings. The first-order chi connectivity index (χ1) is 16.5. The lowest BCUT2D eigenvalue weighted by Gasteiger charge is -2.27. The van der Waals surface area contributed by atoms with E-state index in [1.807, 2.05) is 31.2 Å². The number of carbonyl (C=O) groups excluding carboxylic acids is 1. The number of nitrogens with zero attached hydrogens (tertiary/aromatic N) is 1. The zero-order chi connectivity index (χ0) is 24.1. The van der Waals surface area contributed by atoms with Gasteiger partial charge in [-0.1, -0.05) is 18.2 Å². The molecule has 1 aromatic heterocycles. The van der Waals surface area contributed by atoms with Gasteiger partial charge in [-0.2, -0.15) is 0 Å². The van der Waals surface area contributed by atoms with Gasteiger partial charge in [-0.3, -0.25) is 0 Å². The highest BCUT2D eigenvalue weighted by Gasteiger charge is 2.28. The minimum atomic E-state index is -1.10. The third kappa shape index (κ3) is 5.56. The number of urea groups is 1. The van der Waals surface area contributed by atoms with E-state index in [1.54, 1.807) is 22.4 Å². The van der Waals surface area contributed by atoms with Crippen molar-refractivity contribution in [1.82, 2.24) is 4.90 Å². The van der Waals surface area contributed by atoms with Crippen molar-refractivity contribution in [3.05, 3.63) is 81.3 Å². The van der Waals surface area contributed by atoms with Gasteiger partial charge in [0.15, 0.2) is 6.29 Å². The molecule has 2 atom stereocenters. The van der Waals surface area contributed by atoms with Gasteiger partial charge in [0.05, 0.1) is 36.4 Å². The zero-order valence-electron chi connectivity index (χ0n) is 19.0. The minimum Gasteiger partial charge on any atom is -0.491 e. The third-order valence-corrected chi connectivity index (χ3v) is 6.60. The van der Waals surface area contributed by atoms with Gasteiger partial charge in [-0.05, 0) is 53.8 Å². The molecule has 0 aliphatic carbocycles. The van der Waals surface area contributed by atoms with Crippen LogP contribution in [0.15, 0.2) is 53.9 Å². The molecule has 0 saturated heterocycles. The number of benzene rings is 2. The first-order valence-electron chi connectivity index (χ1n) is 10.9. The number of hydrogen-bond donors (Lipinski definition) is 2. The van der Waals surface area contributed by atoms with Crippen LogP contribution >= 0.6 is 11.3 Å². The molecule has 2 amide bonds. The van der Waals surface area contributed by atoms with Gasteiger partial charge < -0.3 is 29.5 Å². The number of ether oxygens (including phenoxy) is 3. The Bertz CT molecular complexity index is 1140. The number of aliphatic hydroxyl groups is 1. The number of aliphatic hydroxyl groups excluding tert-OH is 1. The van der Waals surface area contributed by atoms with Crippen LogP contribution in [0.3, 0.4) is 0 Å². The maximum absolute atomic E-state index is 13.4. The summed E-state index contributed by atoms with van der Waals surface area (Å²) in [6, 6.07) is 13.3. The van der Waals surface area contributed by atoms with Crippen LogP contribution in [0.25, 0.3) is 0 Å². The normalized spacial score (nSPS) is 16.4. The second kappa shape index (κ2) is 11.0. The molecule has 2 heterocycles. The Morgan fingerprint density at radius 3 is 2.82 bits per heavy atom. The molecule has 0 saturated carbocycles. The SMILES string of the molecule is COC(O)c1sccc1NC(=O)N1CCOc2ccc(COCc3cccc(F)c3)cc2[C@H]1C. The number of thiophene rings is 1. The first-order valence-corrected chi connectivity index (χ1v) is 11.8. The molecule has 2 aromatic carbocycles. The van der Waals surface area contributed by atoms with Crippen molar-refractivity contribution in [3.8, 4) is 5.75 Å². The van der Waals surface area contributed by atoms with Gasteiger partial charge in [-0.15, -0.1) is 11.3 Å². The Labute approximate surface area is 201 Å². The quantitative estimate of drug-likeness (QED) is 0.447. The summed E-state index contributed by atoms with van der Waals surface area (Å²) in [7, 11) is 1.40. The maximum atomic E-state index is 13.4. The van der Waals surface area contributed by atoms with Gasteiger partial charge in [0.25, 0.3) is 0 Å². The van der Waals surface area contributed by atoms with E-state index >= 15 is 0 Å². The number of carbonyl (C=O) groups is 1. The van der Waals surface area contributed by atoms with Crippen LogP contribution in [0.5, 0.6) is 5.75 Å². The molecule has 1 aliphatic heterocycles. The number of fused-ring (bicyclic) bond motifs is 1. The summed E-state index contributed by atoms with van der Waals surface area (Å²) in [6.07, 6.45) is -1.10. The molecule has 1 unspecified atom stereocenters. The second-order valence-electron chi connectivity index (χ2n) is 7.93. The van der Waals surface area contributed by atoms with E-state index in [0.29, 0.717) is 36.9 Å². The van der Waals surface area contributed by atoms with E-state index in [0.717, 1.165) is 22.4 Å². The van der Waals surface area contributed by atoms with E-state index in [1.165, 1.54) is 30.6 Å². The summed E-state index contributed by atoms with van der Waals surface area (Å²) in [4.78, 5) is 15.4. The summed E-state index contributed by atoms with van der Waals surface area (Å²) in [6.45, 7) is 3.35. The maximum Gasteiger partial charge on any atom is 0.322 e. The van der Waals surface area contributed by atoms with E-state index < -0.39 is 6.29 Å². The van der Waals surface area contributed by atoms with Gasteiger partial charge in [0.1, 0.15) is 18.2 Å². The lowest BCUT2D eigenvalue weighted by Crippen LogP contribution is -2.38. The van der Waals surface area contributed by atoms with E-state index in [4.69, 9.17) is 14.2 Å².